The Balaban J connectivity index is 2.32. The molecule has 2 rings (SSSR count). The number of primary amides is 1. The van der Waals surface area contributed by atoms with E-state index in [-0.39, 0.29) is 31.3 Å². The summed E-state index contributed by atoms with van der Waals surface area (Å²) in [6, 6.07) is 0. The van der Waals surface area contributed by atoms with Crippen molar-refractivity contribution in [2.24, 2.45) is 23.0 Å². The highest BCUT2D eigenvalue weighted by molar-refractivity contribution is 5.81. The number of cyclic esters (lactones) is 1. The molecule has 4 atom stereocenters. The van der Waals surface area contributed by atoms with E-state index in [0.29, 0.717) is 0 Å². The van der Waals surface area contributed by atoms with Crippen LogP contribution in [0.25, 0.3) is 0 Å². The van der Waals surface area contributed by atoms with Gasteiger partial charge in [-0.3, -0.25) is 9.59 Å². The lowest BCUT2D eigenvalue weighted by Gasteiger charge is -2.43. The van der Waals surface area contributed by atoms with Crippen LogP contribution in [-0.4, -0.2) is 23.9 Å². The Bertz CT molecular complexity index is 413. The Kier molecular flexibility index (Phi) is 3.31. The summed E-state index contributed by atoms with van der Waals surface area (Å²) >= 11 is 0. The molecule has 1 saturated carbocycles. The van der Waals surface area contributed by atoms with Crippen LogP contribution in [0.5, 0.6) is 0 Å². The van der Waals surface area contributed by atoms with Crippen molar-refractivity contribution >= 4 is 11.9 Å². The van der Waals surface area contributed by atoms with E-state index in [1.54, 1.807) is 6.92 Å². The Morgan fingerprint density at radius 2 is 2.11 bits per heavy atom. The maximum Gasteiger partial charge on any atom is 0.313 e. The van der Waals surface area contributed by atoms with Gasteiger partial charge >= 0.3 is 5.97 Å². The first-order valence-corrected chi connectivity index (χ1v) is 6.56. The normalized spacial score (nSPS) is 40.6. The molecule has 1 saturated heterocycles. The van der Waals surface area contributed by atoms with E-state index in [4.69, 9.17) is 10.5 Å². The number of rotatable bonds is 3. The molecule has 1 aliphatic carbocycles. The number of carbonyl (C=O) groups is 2. The van der Waals surface area contributed by atoms with Crippen LogP contribution >= 0.6 is 0 Å². The molecule has 4 unspecified atom stereocenters. The zero-order valence-corrected chi connectivity index (χ0v) is 11.1. The third-order valence-electron chi connectivity index (χ3n) is 4.67. The molecule has 2 fully saturated rings. The Labute approximate surface area is 110 Å². The van der Waals surface area contributed by atoms with Crippen LogP contribution in [0.3, 0.4) is 0 Å². The van der Waals surface area contributed by atoms with E-state index < -0.39 is 35.6 Å². The number of halogens is 2. The number of ether oxygens (including phenoxy) is 1. The predicted molar refractivity (Wildman–Crippen MR) is 63.3 cm³/mol. The molecule has 19 heavy (non-hydrogen) atoms. The fraction of sp³-hybridized carbons (Fsp3) is 0.846. The quantitative estimate of drug-likeness (QED) is 0.799. The van der Waals surface area contributed by atoms with Crippen molar-refractivity contribution in [2.75, 3.05) is 0 Å². The number of hydrogen-bond donors (Lipinski definition) is 1. The van der Waals surface area contributed by atoms with Gasteiger partial charge in [-0.1, -0.05) is 6.92 Å². The summed E-state index contributed by atoms with van der Waals surface area (Å²) in [6.07, 6.45) is -0.693. The monoisotopic (exact) mass is 275 g/mol. The maximum absolute atomic E-state index is 14.0. The molecule has 0 aromatic heterocycles. The SMILES string of the molecule is CC1OC(=O)C2(CCC(N)=O)CC(F)(F)C(C)CC12. The van der Waals surface area contributed by atoms with E-state index in [1.165, 1.54) is 6.92 Å². The highest BCUT2D eigenvalue weighted by atomic mass is 19.3. The molecule has 2 aliphatic rings. The summed E-state index contributed by atoms with van der Waals surface area (Å²) in [5.41, 5.74) is 3.84. The standard InChI is InChI=1S/C13H19F2NO3/c1-7-5-9-8(2)19-11(18)12(9,4-3-10(16)17)6-13(7,14)15/h7-9H,3-6H2,1-2H3,(H2,16,17). The van der Waals surface area contributed by atoms with E-state index in [1.807, 2.05) is 0 Å². The van der Waals surface area contributed by atoms with Crippen LogP contribution in [0.15, 0.2) is 0 Å². The Morgan fingerprint density at radius 1 is 1.47 bits per heavy atom. The van der Waals surface area contributed by atoms with Crippen LogP contribution in [0.4, 0.5) is 8.78 Å². The van der Waals surface area contributed by atoms with Crippen molar-refractivity contribution in [3.05, 3.63) is 0 Å². The number of alkyl halides is 2. The Hall–Kier alpha value is -1.20. The van der Waals surface area contributed by atoms with Gasteiger partial charge in [0, 0.05) is 24.7 Å². The van der Waals surface area contributed by atoms with Gasteiger partial charge in [-0.15, -0.1) is 0 Å². The fourth-order valence-corrected chi connectivity index (χ4v) is 3.46. The van der Waals surface area contributed by atoms with Gasteiger partial charge in [0.1, 0.15) is 6.10 Å². The summed E-state index contributed by atoms with van der Waals surface area (Å²) in [5, 5.41) is 0. The molecule has 4 nitrogen and oxygen atoms in total. The average Bonchev–Trinajstić information content (AvgIpc) is 2.50. The zero-order valence-electron chi connectivity index (χ0n) is 11.1. The average molecular weight is 275 g/mol. The van der Waals surface area contributed by atoms with Crippen LogP contribution < -0.4 is 5.73 Å². The number of hydrogen-bond acceptors (Lipinski definition) is 3. The van der Waals surface area contributed by atoms with Crippen molar-refractivity contribution in [2.45, 2.75) is 51.6 Å². The lowest BCUT2D eigenvalue weighted by Crippen LogP contribution is -2.49. The lowest BCUT2D eigenvalue weighted by atomic mass is 9.60. The molecule has 0 spiro atoms. The summed E-state index contributed by atoms with van der Waals surface area (Å²) in [6.45, 7) is 3.22. The third kappa shape index (κ3) is 2.21. The number of fused-ring (bicyclic) bond motifs is 1. The van der Waals surface area contributed by atoms with Crippen LogP contribution in [0.1, 0.15) is 39.5 Å². The molecule has 0 aromatic rings. The molecule has 0 bridgehead atoms. The summed E-state index contributed by atoms with van der Waals surface area (Å²) in [5.74, 6) is -5.12. The summed E-state index contributed by atoms with van der Waals surface area (Å²) in [7, 11) is 0. The Morgan fingerprint density at radius 3 is 2.68 bits per heavy atom. The second kappa shape index (κ2) is 4.42. The molecule has 1 heterocycles. The second-order valence-electron chi connectivity index (χ2n) is 5.91. The zero-order chi connectivity index (χ0) is 14.4. The third-order valence-corrected chi connectivity index (χ3v) is 4.67. The van der Waals surface area contributed by atoms with Gasteiger partial charge in [-0.05, 0) is 19.8 Å². The first kappa shape index (κ1) is 14.2. The smallest absolute Gasteiger partial charge is 0.313 e. The van der Waals surface area contributed by atoms with Gasteiger partial charge in [0.15, 0.2) is 0 Å². The van der Waals surface area contributed by atoms with Crippen LogP contribution in [0.2, 0.25) is 0 Å². The van der Waals surface area contributed by atoms with Gasteiger partial charge < -0.3 is 10.5 Å². The lowest BCUT2D eigenvalue weighted by molar-refractivity contribution is -0.165. The predicted octanol–water partition coefficient (Wildman–Crippen LogP) is 1.86. The number of esters is 1. The highest BCUT2D eigenvalue weighted by Gasteiger charge is 2.64. The van der Waals surface area contributed by atoms with E-state index in [9.17, 15) is 18.4 Å². The van der Waals surface area contributed by atoms with E-state index >= 15 is 0 Å². The minimum Gasteiger partial charge on any atom is -0.462 e. The number of carbonyl (C=O) groups excluding carboxylic acids is 2. The van der Waals surface area contributed by atoms with Crippen molar-refractivity contribution in [1.29, 1.82) is 0 Å². The van der Waals surface area contributed by atoms with Gasteiger partial charge in [0.25, 0.3) is 5.92 Å². The molecule has 1 amide bonds. The summed E-state index contributed by atoms with van der Waals surface area (Å²) in [4.78, 5) is 23.0. The molecular formula is C13H19F2NO3. The minimum atomic E-state index is -2.91. The highest BCUT2D eigenvalue weighted by Crippen LogP contribution is 2.58. The van der Waals surface area contributed by atoms with Gasteiger partial charge in [0.2, 0.25) is 5.91 Å². The fourth-order valence-electron chi connectivity index (χ4n) is 3.46. The number of amides is 1. The van der Waals surface area contributed by atoms with E-state index in [2.05, 4.69) is 0 Å². The van der Waals surface area contributed by atoms with Crippen LogP contribution in [-0.2, 0) is 14.3 Å². The van der Waals surface area contributed by atoms with Gasteiger partial charge in [-0.25, -0.2) is 8.78 Å². The maximum atomic E-state index is 14.0. The topological polar surface area (TPSA) is 69.4 Å². The van der Waals surface area contributed by atoms with Gasteiger partial charge in [0.05, 0.1) is 5.41 Å². The molecule has 108 valence electrons. The largest absolute Gasteiger partial charge is 0.462 e. The van der Waals surface area contributed by atoms with E-state index in [0.717, 1.165) is 0 Å². The molecular weight excluding hydrogens is 256 g/mol. The molecule has 1 aliphatic heterocycles. The van der Waals surface area contributed by atoms with Crippen LogP contribution in [0, 0.1) is 17.3 Å². The molecule has 2 N–H and O–H groups in total. The first-order valence-electron chi connectivity index (χ1n) is 6.56. The van der Waals surface area contributed by atoms with Crippen molar-refractivity contribution in [3.8, 4) is 0 Å². The summed E-state index contributed by atoms with van der Waals surface area (Å²) < 4.78 is 33.1. The number of nitrogens with two attached hydrogens (primary N) is 1. The molecule has 0 aromatic carbocycles. The molecule has 0 radical (unpaired) electrons. The van der Waals surface area contributed by atoms with Crippen molar-refractivity contribution in [1.82, 2.24) is 0 Å². The minimum absolute atomic E-state index is 0.0541. The van der Waals surface area contributed by atoms with Crippen molar-refractivity contribution < 1.29 is 23.1 Å². The van der Waals surface area contributed by atoms with Crippen molar-refractivity contribution in [3.63, 3.8) is 0 Å². The first-order chi connectivity index (χ1) is 8.69. The second-order valence-corrected chi connectivity index (χ2v) is 5.91. The molecule has 6 heteroatoms. The van der Waals surface area contributed by atoms with Gasteiger partial charge in [-0.2, -0.15) is 0 Å².